The van der Waals surface area contributed by atoms with Crippen LogP contribution < -0.4 is 15.5 Å². The molecule has 6 heteroatoms. The lowest BCUT2D eigenvalue weighted by molar-refractivity contribution is 0.952. The number of nitrogens with one attached hydrogen (secondary N) is 2. The van der Waals surface area contributed by atoms with Crippen LogP contribution in [0.5, 0.6) is 0 Å². The summed E-state index contributed by atoms with van der Waals surface area (Å²) in [6.45, 7) is 2.97. The fraction of sp³-hybridized carbons (Fsp3) is 0.333. The van der Waals surface area contributed by atoms with Crippen LogP contribution in [0.4, 0.5) is 23.1 Å². The number of aromatic nitrogens is 2. The Labute approximate surface area is 133 Å². The maximum absolute atomic E-state index is 4.47. The fourth-order valence-corrected chi connectivity index (χ4v) is 2.05. The smallest absolute Gasteiger partial charge is 0.224 e. The number of hydrogen-bond acceptors (Lipinski definition) is 5. The summed E-state index contributed by atoms with van der Waals surface area (Å²) in [7, 11) is 4.05. The molecule has 112 valence electrons. The number of nitrogens with zero attached hydrogens (tertiary/aromatic N) is 3. The molecule has 1 heterocycles. The number of halogens is 1. The van der Waals surface area contributed by atoms with E-state index in [9.17, 15) is 0 Å². The molecule has 21 heavy (non-hydrogen) atoms. The van der Waals surface area contributed by atoms with Crippen LogP contribution in [-0.2, 0) is 0 Å². The highest BCUT2D eigenvalue weighted by molar-refractivity contribution is 9.10. The lowest BCUT2D eigenvalue weighted by Crippen LogP contribution is -2.08. The molecule has 0 aliphatic carbocycles. The molecule has 0 aliphatic heterocycles. The molecule has 0 atom stereocenters. The van der Waals surface area contributed by atoms with Crippen molar-refractivity contribution in [3.63, 3.8) is 0 Å². The first-order valence-electron chi connectivity index (χ1n) is 6.91. The van der Waals surface area contributed by atoms with Gasteiger partial charge in [-0.1, -0.05) is 6.92 Å². The monoisotopic (exact) mass is 349 g/mol. The third kappa shape index (κ3) is 4.32. The topological polar surface area (TPSA) is 53.1 Å². The minimum absolute atomic E-state index is 0.632. The summed E-state index contributed by atoms with van der Waals surface area (Å²) in [5, 5.41) is 6.48. The van der Waals surface area contributed by atoms with E-state index in [0.717, 1.165) is 34.6 Å². The van der Waals surface area contributed by atoms with Crippen molar-refractivity contribution in [1.29, 1.82) is 0 Å². The van der Waals surface area contributed by atoms with Crippen molar-refractivity contribution in [3.05, 3.63) is 34.9 Å². The van der Waals surface area contributed by atoms with E-state index in [0.29, 0.717) is 5.95 Å². The van der Waals surface area contributed by atoms with Gasteiger partial charge in [-0.3, -0.25) is 0 Å². The molecular weight excluding hydrogens is 330 g/mol. The Bertz CT molecular complexity index is 583. The molecule has 0 aliphatic rings. The summed E-state index contributed by atoms with van der Waals surface area (Å²) >= 11 is 3.47. The quantitative estimate of drug-likeness (QED) is 0.828. The average Bonchev–Trinajstić information content (AvgIpc) is 2.48. The molecule has 2 N–H and O–H groups in total. The van der Waals surface area contributed by atoms with Crippen molar-refractivity contribution in [2.24, 2.45) is 0 Å². The van der Waals surface area contributed by atoms with Crippen molar-refractivity contribution in [2.75, 3.05) is 36.2 Å². The molecule has 0 bridgehead atoms. The maximum atomic E-state index is 4.47. The Hall–Kier alpha value is -1.82. The van der Waals surface area contributed by atoms with Crippen LogP contribution in [0.3, 0.4) is 0 Å². The molecule has 2 aromatic rings. The average molecular weight is 350 g/mol. The van der Waals surface area contributed by atoms with Gasteiger partial charge in [-0.05, 0) is 46.6 Å². The molecule has 0 unspecified atom stereocenters. The second kappa shape index (κ2) is 7.26. The standard InChI is InChI=1S/C15H20BrN5/c1-4-9-17-15-18-10-13(16)14(20-15)19-11-5-7-12(8-6-11)21(2)3/h5-8,10H,4,9H2,1-3H3,(H2,17,18,19,20). The van der Waals surface area contributed by atoms with Gasteiger partial charge in [0, 0.05) is 38.2 Å². The molecule has 0 amide bonds. The summed E-state index contributed by atoms with van der Waals surface area (Å²) in [4.78, 5) is 10.8. The van der Waals surface area contributed by atoms with Gasteiger partial charge in [0.2, 0.25) is 5.95 Å². The zero-order valence-electron chi connectivity index (χ0n) is 12.5. The molecule has 0 radical (unpaired) electrons. The first-order valence-corrected chi connectivity index (χ1v) is 7.70. The summed E-state index contributed by atoms with van der Waals surface area (Å²) in [6.07, 6.45) is 2.79. The summed E-state index contributed by atoms with van der Waals surface area (Å²) < 4.78 is 0.834. The highest BCUT2D eigenvalue weighted by Crippen LogP contribution is 2.25. The zero-order valence-corrected chi connectivity index (χ0v) is 14.1. The lowest BCUT2D eigenvalue weighted by Gasteiger charge is -2.14. The maximum Gasteiger partial charge on any atom is 0.224 e. The van der Waals surface area contributed by atoms with Gasteiger partial charge >= 0.3 is 0 Å². The van der Waals surface area contributed by atoms with E-state index in [1.165, 1.54) is 0 Å². The van der Waals surface area contributed by atoms with Gasteiger partial charge in [-0.2, -0.15) is 4.98 Å². The third-order valence-electron chi connectivity index (χ3n) is 2.92. The van der Waals surface area contributed by atoms with Crippen LogP contribution in [0.1, 0.15) is 13.3 Å². The van der Waals surface area contributed by atoms with Crippen LogP contribution in [0.2, 0.25) is 0 Å². The van der Waals surface area contributed by atoms with Crippen LogP contribution in [0.25, 0.3) is 0 Å². The van der Waals surface area contributed by atoms with Gasteiger partial charge in [0.15, 0.2) is 0 Å². The molecule has 5 nitrogen and oxygen atoms in total. The van der Waals surface area contributed by atoms with Gasteiger partial charge < -0.3 is 15.5 Å². The highest BCUT2D eigenvalue weighted by atomic mass is 79.9. The SMILES string of the molecule is CCCNc1ncc(Br)c(Nc2ccc(N(C)C)cc2)n1. The van der Waals surface area contributed by atoms with Crippen molar-refractivity contribution < 1.29 is 0 Å². The minimum atomic E-state index is 0.632. The van der Waals surface area contributed by atoms with E-state index in [1.807, 2.05) is 26.2 Å². The highest BCUT2D eigenvalue weighted by Gasteiger charge is 2.05. The number of anilines is 4. The van der Waals surface area contributed by atoms with Gasteiger partial charge in [0.05, 0.1) is 4.47 Å². The summed E-state index contributed by atoms with van der Waals surface area (Å²) in [5.74, 6) is 1.38. The first-order chi connectivity index (χ1) is 10.1. The van der Waals surface area contributed by atoms with E-state index in [1.54, 1.807) is 6.20 Å². The van der Waals surface area contributed by atoms with Gasteiger partial charge in [0.1, 0.15) is 5.82 Å². The van der Waals surface area contributed by atoms with E-state index < -0.39 is 0 Å². The molecule has 2 rings (SSSR count). The van der Waals surface area contributed by atoms with Crippen LogP contribution in [-0.4, -0.2) is 30.6 Å². The zero-order chi connectivity index (χ0) is 15.2. The molecule has 0 saturated heterocycles. The Morgan fingerprint density at radius 1 is 1.19 bits per heavy atom. The molecular formula is C15H20BrN5. The van der Waals surface area contributed by atoms with Gasteiger partial charge in [-0.15, -0.1) is 0 Å². The van der Waals surface area contributed by atoms with Crippen LogP contribution in [0.15, 0.2) is 34.9 Å². The first kappa shape index (κ1) is 15.6. The normalized spacial score (nSPS) is 10.3. The fourth-order valence-electron chi connectivity index (χ4n) is 1.76. The van der Waals surface area contributed by atoms with Crippen molar-refractivity contribution in [1.82, 2.24) is 9.97 Å². The van der Waals surface area contributed by atoms with Crippen LogP contribution >= 0.6 is 15.9 Å². The van der Waals surface area contributed by atoms with Gasteiger partial charge in [-0.25, -0.2) is 4.98 Å². The van der Waals surface area contributed by atoms with Crippen molar-refractivity contribution in [2.45, 2.75) is 13.3 Å². The van der Waals surface area contributed by atoms with Crippen molar-refractivity contribution in [3.8, 4) is 0 Å². The second-order valence-corrected chi connectivity index (χ2v) is 5.74. The molecule has 0 spiro atoms. The predicted molar refractivity (Wildman–Crippen MR) is 92.6 cm³/mol. The van der Waals surface area contributed by atoms with E-state index >= 15 is 0 Å². The lowest BCUT2D eigenvalue weighted by atomic mass is 10.2. The second-order valence-electron chi connectivity index (χ2n) is 4.88. The number of benzene rings is 1. The predicted octanol–water partition coefficient (Wildman–Crippen LogP) is 3.87. The van der Waals surface area contributed by atoms with E-state index in [4.69, 9.17) is 0 Å². The molecule has 1 aromatic heterocycles. The molecule has 0 saturated carbocycles. The number of rotatable bonds is 6. The largest absolute Gasteiger partial charge is 0.378 e. The Kier molecular flexibility index (Phi) is 5.38. The Morgan fingerprint density at radius 3 is 2.52 bits per heavy atom. The van der Waals surface area contributed by atoms with Gasteiger partial charge in [0.25, 0.3) is 0 Å². The minimum Gasteiger partial charge on any atom is -0.378 e. The summed E-state index contributed by atoms with van der Waals surface area (Å²) in [6, 6.07) is 8.19. The number of hydrogen-bond donors (Lipinski definition) is 2. The Morgan fingerprint density at radius 2 is 1.90 bits per heavy atom. The molecule has 1 aromatic carbocycles. The molecule has 0 fully saturated rings. The van der Waals surface area contributed by atoms with Crippen LogP contribution in [0, 0.1) is 0 Å². The third-order valence-corrected chi connectivity index (χ3v) is 3.50. The van der Waals surface area contributed by atoms with Crippen molar-refractivity contribution >= 4 is 39.1 Å². The Balaban J connectivity index is 2.14. The van der Waals surface area contributed by atoms with E-state index in [2.05, 4.69) is 60.5 Å². The summed E-state index contributed by atoms with van der Waals surface area (Å²) in [5.41, 5.74) is 2.15. The van der Waals surface area contributed by atoms with E-state index in [-0.39, 0.29) is 0 Å².